The molecular formula is C20H17FN2O2S. The fourth-order valence-electron chi connectivity index (χ4n) is 2.32. The Bertz CT molecular complexity index is 908. The summed E-state index contributed by atoms with van der Waals surface area (Å²) < 4.78 is 19.4. The lowest BCUT2D eigenvalue weighted by atomic mass is 10.2. The molecule has 1 fully saturated rings. The van der Waals surface area contributed by atoms with Crippen molar-refractivity contribution < 1.29 is 13.9 Å². The van der Waals surface area contributed by atoms with Gasteiger partial charge in [-0.15, -0.1) is 0 Å². The minimum absolute atomic E-state index is 0.191. The smallest absolute Gasteiger partial charge is 0.266 e. The number of ether oxygens (including phenoxy) is 1. The minimum Gasteiger partial charge on any atom is -0.489 e. The third-order valence-electron chi connectivity index (χ3n) is 3.63. The second-order valence-corrected chi connectivity index (χ2v) is 6.47. The average Bonchev–Trinajstić information content (AvgIpc) is 2.91. The van der Waals surface area contributed by atoms with E-state index in [4.69, 9.17) is 4.74 Å². The van der Waals surface area contributed by atoms with Gasteiger partial charge >= 0.3 is 0 Å². The van der Waals surface area contributed by atoms with Crippen LogP contribution in [0.25, 0.3) is 6.08 Å². The zero-order valence-corrected chi connectivity index (χ0v) is 15.0. The van der Waals surface area contributed by atoms with Crippen molar-refractivity contribution >= 4 is 34.6 Å². The highest BCUT2D eigenvalue weighted by atomic mass is 32.2. The van der Waals surface area contributed by atoms with Crippen LogP contribution in [-0.4, -0.2) is 29.6 Å². The van der Waals surface area contributed by atoms with E-state index in [9.17, 15) is 9.18 Å². The molecule has 26 heavy (non-hydrogen) atoms. The van der Waals surface area contributed by atoms with E-state index in [1.165, 1.54) is 22.7 Å². The Morgan fingerprint density at radius 3 is 2.73 bits per heavy atom. The Morgan fingerprint density at radius 2 is 1.96 bits per heavy atom. The van der Waals surface area contributed by atoms with Gasteiger partial charge in [0.2, 0.25) is 0 Å². The van der Waals surface area contributed by atoms with E-state index < -0.39 is 5.82 Å². The lowest BCUT2D eigenvalue weighted by Gasteiger charge is -2.08. The minimum atomic E-state index is -0.429. The van der Waals surface area contributed by atoms with Gasteiger partial charge in [-0.3, -0.25) is 9.69 Å². The zero-order chi connectivity index (χ0) is 18.5. The zero-order valence-electron chi connectivity index (χ0n) is 14.2. The van der Waals surface area contributed by atoms with Gasteiger partial charge in [-0.05, 0) is 36.0 Å². The number of likely N-dealkylation sites (N-methyl/N-ethyl adjacent to an activating group) is 1. The monoisotopic (exact) mass is 368 g/mol. The molecule has 0 aliphatic carbocycles. The molecule has 0 unspecified atom stereocenters. The number of hydrogen-bond donors (Lipinski definition) is 0. The first-order valence-corrected chi connectivity index (χ1v) is 8.75. The van der Waals surface area contributed by atoms with Crippen LogP contribution in [0.5, 0.6) is 5.75 Å². The molecule has 0 atom stereocenters. The molecular weight excluding hydrogens is 351 g/mol. The number of benzene rings is 2. The van der Waals surface area contributed by atoms with Crippen molar-refractivity contribution in [3.05, 3.63) is 77.5 Å². The van der Waals surface area contributed by atoms with Crippen LogP contribution >= 0.6 is 11.8 Å². The van der Waals surface area contributed by atoms with Crippen LogP contribution in [0.2, 0.25) is 0 Å². The maximum Gasteiger partial charge on any atom is 0.266 e. The van der Waals surface area contributed by atoms with Gasteiger partial charge in [-0.1, -0.05) is 43.0 Å². The van der Waals surface area contributed by atoms with Crippen molar-refractivity contribution in [2.24, 2.45) is 4.99 Å². The molecule has 0 N–H and O–H groups in total. The number of amides is 1. The first-order valence-electron chi connectivity index (χ1n) is 7.93. The van der Waals surface area contributed by atoms with E-state index >= 15 is 0 Å². The maximum absolute atomic E-state index is 13.8. The topological polar surface area (TPSA) is 41.9 Å². The normalized spacial score (nSPS) is 17.2. The molecule has 1 amide bonds. The highest BCUT2D eigenvalue weighted by Gasteiger charge is 2.30. The third kappa shape index (κ3) is 3.86. The fraction of sp³-hybridized carbons (Fsp3) is 0.100. The number of carbonyl (C=O) groups is 1. The highest BCUT2D eigenvalue weighted by molar-refractivity contribution is 8.18. The number of nitrogens with zero attached hydrogens (tertiary/aromatic N) is 2. The number of hydrogen-bond acceptors (Lipinski definition) is 4. The molecule has 6 heteroatoms. The largest absolute Gasteiger partial charge is 0.489 e. The third-order valence-corrected chi connectivity index (χ3v) is 4.69. The summed E-state index contributed by atoms with van der Waals surface area (Å²) in [6.45, 7) is 4.01. The average molecular weight is 368 g/mol. The van der Waals surface area contributed by atoms with Crippen molar-refractivity contribution in [2.45, 2.75) is 0 Å². The van der Waals surface area contributed by atoms with Crippen LogP contribution in [0.3, 0.4) is 0 Å². The number of aliphatic imine (C=N–C) groups is 1. The number of thioether (sulfide) groups is 1. The standard InChI is InChI=1S/C20H17FN2O2S/c1-3-12-25-17-11-7-4-8-14(17)13-18-19(24)23(2)20(26-18)22-16-10-6-5-9-15(16)21/h3-11,13H,1,12H2,2H3/b18-13+,22-20?. The van der Waals surface area contributed by atoms with Crippen molar-refractivity contribution in [3.8, 4) is 5.75 Å². The summed E-state index contributed by atoms with van der Waals surface area (Å²) in [5, 5.41) is 0.427. The SMILES string of the molecule is C=CCOc1ccccc1/C=C1/SC(=Nc2ccccc2F)N(C)C1=O. The molecule has 0 aromatic heterocycles. The summed E-state index contributed by atoms with van der Waals surface area (Å²) >= 11 is 1.20. The van der Waals surface area contributed by atoms with Crippen LogP contribution in [0, 0.1) is 5.82 Å². The molecule has 1 aliphatic rings. The molecule has 2 aromatic carbocycles. The predicted molar refractivity (Wildman–Crippen MR) is 104 cm³/mol. The van der Waals surface area contributed by atoms with Gasteiger partial charge in [-0.25, -0.2) is 9.38 Å². The van der Waals surface area contributed by atoms with E-state index in [1.54, 1.807) is 37.4 Å². The summed E-state index contributed by atoms with van der Waals surface area (Å²) in [5.74, 6) is 0.0427. The second-order valence-electron chi connectivity index (χ2n) is 5.46. The first kappa shape index (κ1) is 17.9. The van der Waals surface area contributed by atoms with Crippen LogP contribution < -0.4 is 4.74 Å². The second kappa shape index (κ2) is 8.01. The van der Waals surface area contributed by atoms with Crippen molar-refractivity contribution in [2.75, 3.05) is 13.7 Å². The van der Waals surface area contributed by atoms with Gasteiger partial charge in [-0.2, -0.15) is 0 Å². The van der Waals surface area contributed by atoms with Gasteiger partial charge in [0.15, 0.2) is 5.17 Å². The Labute approximate surface area is 155 Å². The summed E-state index contributed by atoms with van der Waals surface area (Å²) in [6.07, 6.45) is 3.41. The fourth-order valence-corrected chi connectivity index (χ4v) is 3.29. The molecule has 0 spiro atoms. The quantitative estimate of drug-likeness (QED) is 0.571. The van der Waals surface area contributed by atoms with Gasteiger partial charge < -0.3 is 4.74 Å². The summed E-state index contributed by atoms with van der Waals surface area (Å²) in [6, 6.07) is 13.6. The number of halogens is 1. The lowest BCUT2D eigenvalue weighted by molar-refractivity contribution is -0.121. The molecule has 4 nitrogen and oxygen atoms in total. The molecule has 132 valence electrons. The maximum atomic E-state index is 13.8. The molecule has 1 aliphatic heterocycles. The van der Waals surface area contributed by atoms with Gasteiger partial charge in [0.25, 0.3) is 5.91 Å². The van der Waals surface area contributed by atoms with E-state index in [0.29, 0.717) is 22.4 Å². The van der Waals surface area contributed by atoms with Gasteiger partial charge in [0.05, 0.1) is 4.91 Å². The Kier molecular flexibility index (Phi) is 5.53. The van der Waals surface area contributed by atoms with E-state index in [0.717, 1.165) is 5.56 Å². The summed E-state index contributed by atoms with van der Waals surface area (Å²) in [7, 11) is 1.62. The van der Waals surface area contributed by atoms with Crippen LogP contribution in [-0.2, 0) is 4.79 Å². The van der Waals surface area contributed by atoms with Crippen molar-refractivity contribution in [1.29, 1.82) is 0 Å². The first-order chi connectivity index (χ1) is 12.6. The van der Waals surface area contributed by atoms with Gasteiger partial charge in [0.1, 0.15) is 23.9 Å². The van der Waals surface area contributed by atoms with Crippen molar-refractivity contribution in [1.82, 2.24) is 4.90 Å². The van der Waals surface area contributed by atoms with Gasteiger partial charge in [0, 0.05) is 12.6 Å². The Balaban J connectivity index is 1.91. The van der Waals surface area contributed by atoms with E-state index in [-0.39, 0.29) is 11.6 Å². The number of rotatable bonds is 5. The molecule has 1 heterocycles. The molecule has 0 saturated carbocycles. The van der Waals surface area contributed by atoms with E-state index in [2.05, 4.69) is 11.6 Å². The van der Waals surface area contributed by atoms with Crippen LogP contribution in [0.4, 0.5) is 10.1 Å². The van der Waals surface area contributed by atoms with Crippen LogP contribution in [0.1, 0.15) is 5.56 Å². The predicted octanol–water partition coefficient (Wildman–Crippen LogP) is 4.62. The molecule has 2 aromatic rings. The molecule has 3 rings (SSSR count). The van der Waals surface area contributed by atoms with E-state index in [1.807, 2.05) is 24.3 Å². The number of amidine groups is 1. The Hall–Kier alpha value is -2.86. The number of carbonyl (C=O) groups excluding carboxylic acids is 1. The van der Waals surface area contributed by atoms with Crippen molar-refractivity contribution in [3.63, 3.8) is 0 Å². The molecule has 0 bridgehead atoms. The lowest BCUT2D eigenvalue weighted by Crippen LogP contribution is -2.23. The number of para-hydroxylation sites is 2. The Morgan fingerprint density at radius 1 is 1.23 bits per heavy atom. The summed E-state index contributed by atoms with van der Waals surface area (Å²) in [5.41, 5.74) is 0.983. The summed E-state index contributed by atoms with van der Waals surface area (Å²) in [4.78, 5) is 18.7. The van der Waals surface area contributed by atoms with Crippen LogP contribution in [0.15, 0.2) is 71.1 Å². The molecule has 1 saturated heterocycles. The highest BCUT2D eigenvalue weighted by Crippen LogP contribution is 2.35. The molecule has 0 radical (unpaired) electrons.